The number of hydrogen-bond acceptors (Lipinski definition) is 6. The maximum Gasteiger partial charge on any atom is 0.356 e. The molecule has 1 aliphatic rings. The van der Waals surface area contributed by atoms with Crippen molar-refractivity contribution in [3.8, 4) is 11.1 Å². The lowest BCUT2D eigenvalue weighted by molar-refractivity contribution is 0.0590. The summed E-state index contributed by atoms with van der Waals surface area (Å²) >= 11 is 7.41. The van der Waals surface area contributed by atoms with Crippen molar-refractivity contribution in [1.82, 2.24) is 15.2 Å². The van der Waals surface area contributed by atoms with Gasteiger partial charge in [-0.15, -0.1) is 11.3 Å². The van der Waals surface area contributed by atoms with Crippen LogP contribution in [0.3, 0.4) is 0 Å². The number of carbonyl (C=O) groups is 2. The first-order valence-corrected chi connectivity index (χ1v) is 14.2. The predicted octanol–water partition coefficient (Wildman–Crippen LogP) is 6.85. The Kier molecular flexibility index (Phi) is 8.44. The van der Waals surface area contributed by atoms with Gasteiger partial charge in [0.15, 0.2) is 0 Å². The lowest BCUT2D eigenvalue weighted by Crippen LogP contribution is -2.44. The Balaban J connectivity index is 1.50. The molecule has 1 fully saturated rings. The van der Waals surface area contributed by atoms with E-state index in [1.54, 1.807) is 23.2 Å². The number of hydrogen-bond donors (Lipinski definition) is 1. The van der Waals surface area contributed by atoms with Crippen molar-refractivity contribution in [2.45, 2.75) is 44.3 Å². The first-order chi connectivity index (χ1) is 19.3. The highest BCUT2D eigenvalue weighted by atomic mass is 35.5. The van der Waals surface area contributed by atoms with Crippen LogP contribution >= 0.6 is 22.9 Å². The van der Waals surface area contributed by atoms with E-state index in [2.05, 4.69) is 10.3 Å². The molecule has 5 rings (SSSR count). The molecule has 2 aromatic carbocycles. The third-order valence-electron chi connectivity index (χ3n) is 7.45. The Morgan fingerprint density at radius 1 is 1.07 bits per heavy atom. The monoisotopic (exact) mass is 583 g/mol. The molecule has 0 spiro atoms. The third kappa shape index (κ3) is 5.59. The van der Waals surface area contributed by atoms with Gasteiger partial charge in [-0.25, -0.2) is 18.6 Å². The van der Waals surface area contributed by atoms with Crippen molar-refractivity contribution in [2.24, 2.45) is 0 Å². The zero-order valence-electron chi connectivity index (χ0n) is 22.0. The van der Waals surface area contributed by atoms with E-state index in [-0.39, 0.29) is 44.2 Å². The summed E-state index contributed by atoms with van der Waals surface area (Å²) in [6, 6.07) is 13.5. The number of pyridine rings is 1. The Hall–Kier alpha value is -3.40. The molecule has 1 saturated carbocycles. The van der Waals surface area contributed by atoms with Crippen LogP contribution in [0.1, 0.15) is 51.4 Å². The van der Waals surface area contributed by atoms with Gasteiger partial charge >= 0.3 is 5.97 Å². The fraction of sp³-hybridized carbons (Fsp3) is 0.300. The van der Waals surface area contributed by atoms with E-state index in [4.69, 9.17) is 16.3 Å². The number of esters is 1. The van der Waals surface area contributed by atoms with Gasteiger partial charge in [-0.3, -0.25) is 4.79 Å². The summed E-state index contributed by atoms with van der Waals surface area (Å²) in [5.74, 6) is -2.14. The maximum atomic E-state index is 14.6. The van der Waals surface area contributed by atoms with E-state index >= 15 is 0 Å². The van der Waals surface area contributed by atoms with Crippen molar-refractivity contribution >= 4 is 44.9 Å². The van der Waals surface area contributed by atoms with Gasteiger partial charge in [0.05, 0.1) is 22.2 Å². The van der Waals surface area contributed by atoms with Crippen LogP contribution in [-0.4, -0.2) is 48.0 Å². The number of methoxy groups -OCH3 is 1. The molecule has 0 saturated heterocycles. The number of halogens is 3. The zero-order chi connectivity index (χ0) is 28.4. The van der Waals surface area contributed by atoms with E-state index in [9.17, 15) is 18.4 Å². The Morgan fingerprint density at radius 3 is 2.50 bits per heavy atom. The number of rotatable bonds is 7. The number of nitrogens with zero attached hydrogens (tertiary/aromatic N) is 2. The molecule has 1 aliphatic carbocycles. The second-order valence-electron chi connectivity index (χ2n) is 9.83. The largest absolute Gasteiger partial charge is 0.464 e. The summed E-state index contributed by atoms with van der Waals surface area (Å²) < 4.78 is 33.9. The van der Waals surface area contributed by atoms with E-state index in [0.717, 1.165) is 65.8 Å². The van der Waals surface area contributed by atoms with Crippen molar-refractivity contribution in [2.75, 3.05) is 14.2 Å². The summed E-state index contributed by atoms with van der Waals surface area (Å²) in [7, 11) is 3.24. The zero-order valence-corrected chi connectivity index (χ0v) is 23.6. The van der Waals surface area contributed by atoms with Crippen molar-refractivity contribution in [1.29, 1.82) is 0 Å². The first-order valence-electron chi connectivity index (χ1n) is 13.0. The highest BCUT2D eigenvalue weighted by Crippen LogP contribution is 2.40. The molecule has 208 valence electrons. The molecular formula is C30H28ClF2N3O3S. The van der Waals surface area contributed by atoms with Gasteiger partial charge in [-0.2, -0.15) is 0 Å². The number of nitrogens with one attached hydrogen (secondary N) is 1. The van der Waals surface area contributed by atoms with E-state index in [1.807, 2.05) is 31.3 Å². The minimum atomic E-state index is -0.658. The summed E-state index contributed by atoms with van der Waals surface area (Å²) in [6.45, 7) is 0.284. The van der Waals surface area contributed by atoms with Crippen molar-refractivity contribution in [3.05, 3.63) is 87.5 Å². The van der Waals surface area contributed by atoms with Crippen LogP contribution in [-0.2, 0) is 11.3 Å². The van der Waals surface area contributed by atoms with Crippen LogP contribution in [0.25, 0.3) is 21.2 Å². The minimum Gasteiger partial charge on any atom is -0.464 e. The van der Waals surface area contributed by atoms with Gasteiger partial charge in [-0.1, -0.05) is 29.8 Å². The standard InChI is InChI=1S/C30H28ClF2N3O3S/c1-34-20-6-8-21(9-7-20)36(29(37)28-26(31)25-22(32)10-11-23(33)27(25)40-28)16-17-4-3-5-18(14-17)19-12-13-35-24(15-19)30(38)39-2/h3-5,10-15,20-21,34H,6-9,16H2,1-2H3. The number of thiophene rings is 1. The fourth-order valence-corrected chi connectivity index (χ4v) is 6.79. The lowest BCUT2D eigenvalue weighted by Gasteiger charge is -2.37. The molecule has 1 N–H and O–H groups in total. The van der Waals surface area contributed by atoms with E-state index < -0.39 is 17.6 Å². The Labute approximate surface area is 239 Å². The average Bonchev–Trinajstić information content (AvgIpc) is 3.35. The number of carbonyl (C=O) groups excluding carboxylic acids is 2. The summed E-state index contributed by atoms with van der Waals surface area (Å²) in [4.78, 5) is 32.0. The highest BCUT2D eigenvalue weighted by molar-refractivity contribution is 7.21. The third-order valence-corrected chi connectivity index (χ3v) is 9.13. The van der Waals surface area contributed by atoms with Crippen molar-refractivity contribution in [3.63, 3.8) is 0 Å². The van der Waals surface area contributed by atoms with Crippen LogP contribution in [0.5, 0.6) is 0 Å². The predicted molar refractivity (Wildman–Crippen MR) is 153 cm³/mol. The van der Waals surface area contributed by atoms with Gasteiger partial charge in [0.25, 0.3) is 5.91 Å². The summed E-state index contributed by atoms with van der Waals surface area (Å²) in [5, 5.41) is 3.19. The van der Waals surface area contributed by atoms with Gasteiger partial charge < -0.3 is 15.0 Å². The molecule has 0 atom stereocenters. The van der Waals surface area contributed by atoms with Gasteiger partial charge in [0.1, 0.15) is 22.2 Å². The fourth-order valence-electron chi connectivity index (χ4n) is 5.28. The summed E-state index contributed by atoms with van der Waals surface area (Å²) in [5.41, 5.74) is 2.69. The smallest absolute Gasteiger partial charge is 0.356 e. The number of fused-ring (bicyclic) bond motifs is 1. The van der Waals surface area contributed by atoms with Gasteiger partial charge in [-0.05, 0) is 79.8 Å². The minimum absolute atomic E-state index is 0.0354. The molecule has 2 heterocycles. The van der Waals surface area contributed by atoms with Crippen LogP contribution in [0.2, 0.25) is 5.02 Å². The topological polar surface area (TPSA) is 71.5 Å². The van der Waals surface area contributed by atoms with Gasteiger partial charge in [0, 0.05) is 24.8 Å². The van der Waals surface area contributed by atoms with E-state index in [1.165, 1.54) is 7.11 Å². The average molecular weight is 584 g/mol. The lowest BCUT2D eigenvalue weighted by atomic mass is 9.89. The summed E-state index contributed by atoms with van der Waals surface area (Å²) in [6.07, 6.45) is 4.93. The van der Waals surface area contributed by atoms with Crippen LogP contribution in [0, 0.1) is 11.6 Å². The van der Waals surface area contributed by atoms with E-state index in [0.29, 0.717) is 6.04 Å². The molecule has 4 aromatic rings. The number of benzene rings is 2. The Morgan fingerprint density at radius 2 is 1.80 bits per heavy atom. The number of ether oxygens (including phenoxy) is 1. The first kappa shape index (κ1) is 28.1. The van der Waals surface area contributed by atoms with Crippen LogP contribution in [0.4, 0.5) is 8.78 Å². The second-order valence-corrected chi connectivity index (χ2v) is 11.2. The molecule has 10 heteroatoms. The maximum absolute atomic E-state index is 14.6. The molecular weight excluding hydrogens is 556 g/mol. The molecule has 40 heavy (non-hydrogen) atoms. The molecule has 0 aliphatic heterocycles. The number of aromatic nitrogens is 1. The quantitative estimate of drug-likeness (QED) is 0.241. The van der Waals surface area contributed by atoms with Crippen LogP contribution < -0.4 is 5.32 Å². The van der Waals surface area contributed by atoms with Crippen molar-refractivity contribution < 1.29 is 23.1 Å². The SMILES string of the molecule is CNC1CCC(N(Cc2cccc(-c3ccnc(C(=O)OC)c3)c2)C(=O)c2sc3c(F)ccc(F)c3c2Cl)CC1. The second kappa shape index (κ2) is 12.0. The molecule has 0 bridgehead atoms. The molecule has 0 unspecified atom stereocenters. The Bertz CT molecular complexity index is 1570. The molecule has 6 nitrogen and oxygen atoms in total. The normalized spacial score (nSPS) is 17.1. The van der Waals surface area contributed by atoms with Crippen LogP contribution in [0.15, 0.2) is 54.7 Å². The highest BCUT2D eigenvalue weighted by Gasteiger charge is 2.32. The molecule has 0 radical (unpaired) electrons. The number of amides is 1. The molecule has 2 aromatic heterocycles. The van der Waals surface area contributed by atoms with Gasteiger partial charge in [0.2, 0.25) is 0 Å². The molecule has 1 amide bonds.